The van der Waals surface area contributed by atoms with Gasteiger partial charge in [0.15, 0.2) is 0 Å². The standard InChI is InChI=1S/C15H16N2O2S2/c1-10-3-2-4-12(7-10)21(18,19)14-8-13-11(5-6-16)9-17-15(13)20-14/h2-4,7-9,17H,5-6,16H2,1H3. The Morgan fingerprint density at radius 2 is 2.10 bits per heavy atom. The van der Waals surface area contributed by atoms with Crippen molar-refractivity contribution >= 4 is 31.4 Å². The highest BCUT2D eigenvalue weighted by atomic mass is 32.2. The van der Waals surface area contributed by atoms with Crippen LogP contribution in [0.4, 0.5) is 0 Å². The van der Waals surface area contributed by atoms with E-state index in [4.69, 9.17) is 5.73 Å². The van der Waals surface area contributed by atoms with Gasteiger partial charge in [-0.25, -0.2) is 8.42 Å². The first kappa shape index (κ1) is 14.3. The number of fused-ring (bicyclic) bond motifs is 1. The Morgan fingerprint density at radius 3 is 2.81 bits per heavy atom. The molecule has 0 bridgehead atoms. The van der Waals surface area contributed by atoms with E-state index in [1.165, 1.54) is 11.3 Å². The largest absolute Gasteiger partial charge is 0.353 e. The minimum Gasteiger partial charge on any atom is -0.353 e. The third kappa shape index (κ3) is 2.50. The summed E-state index contributed by atoms with van der Waals surface area (Å²) in [6.45, 7) is 2.43. The van der Waals surface area contributed by atoms with Crippen molar-refractivity contribution in [1.29, 1.82) is 0 Å². The van der Waals surface area contributed by atoms with Crippen molar-refractivity contribution in [3.8, 4) is 0 Å². The van der Waals surface area contributed by atoms with Gasteiger partial charge in [0.05, 0.1) is 4.90 Å². The molecule has 0 atom stereocenters. The topological polar surface area (TPSA) is 75.9 Å². The van der Waals surface area contributed by atoms with Crippen LogP contribution in [0.5, 0.6) is 0 Å². The maximum Gasteiger partial charge on any atom is 0.216 e. The quantitative estimate of drug-likeness (QED) is 0.776. The summed E-state index contributed by atoms with van der Waals surface area (Å²) in [6, 6.07) is 8.74. The lowest BCUT2D eigenvalue weighted by molar-refractivity contribution is 0.598. The predicted molar refractivity (Wildman–Crippen MR) is 85.6 cm³/mol. The molecule has 0 aliphatic rings. The zero-order chi connectivity index (χ0) is 15.0. The summed E-state index contributed by atoms with van der Waals surface area (Å²) >= 11 is 1.27. The van der Waals surface area contributed by atoms with Gasteiger partial charge in [-0.3, -0.25) is 0 Å². The molecule has 3 N–H and O–H groups in total. The molecule has 4 nitrogen and oxygen atoms in total. The maximum atomic E-state index is 12.7. The number of aromatic nitrogens is 1. The minimum absolute atomic E-state index is 0.340. The molecule has 3 rings (SSSR count). The molecule has 6 heteroatoms. The zero-order valence-corrected chi connectivity index (χ0v) is 13.2. The first-order valence-corrected chi connectivity index (χ1v) is 8.94. The Balaban J connectivity index is 2.11. The molecular formula is C15H16N2O2S2. The Hall–Kier alpha value is -1.63. The molecule has 0 aliphatic carbocycles. The van der Waals surface area contributed by atoms with E-state index < -0.39 is 9.84 Å². The van der Waals surface area contributed by atoms with E-state index >= 15 is 0 Å². The summed E-state index contributed by atoms with van der Waals surface area (Å²) < 4.78 is 25.8. The lowest BCUT2D eigenvalue weighted by Gasteiger charge is -2.02. The van der Waals surface area contributed by atoms with Gasteiger partial charge in [-0.05, 0) is 49.2 Å². The number of benzene rings is 1. The van der Waals surface area contributed by atoms with Crippen molar-refractivity contribution in [3.63, 3.8) is 0 Å². The van der Waals surface area contributed by atoms with Crippen molar-refractivity contribution in [2.24, 2.45) is 5.73 Å². The first-order valence-electron chi connectivity index (χ1n) is 6.64. The second-order valence-corrected chi connectivity index (χ2v) is 8.21. The molecule has 0 radical (unpaired) electrons. The fourth-order valence-corrected chi connectivity index (χ4v) is 5.22. The van der Waals surface area contributed by atoms with Gasteiger partial charge < -0.3 is 10.7 Å². The highest BCUT2D eigenvalue weighted by molar-refractivity contribution is 7.93. The summed E-state index contributed by atoms with van der Waals surface area (Å²) in [5.74, 6) is 0. The van der Waals surface area contributed by atoms with Gasteiger partial charge in [-0.2, -0.15) is 0 Å². The van der Waals surface area contributed by atoms with Gasteiger partial charge in [0.2, 0.25) is 9.84 Å². The molecule has 21 heavy (non-hydrogen) atoms. The van der Waals surface area contributed by atoms with Crippen LogP contribution in [0.15, 0.2) is 45.6 Å². The second kappa shape index (κ2) is 5.29. The van der Waals surface area contributed by atoms with Crippen LogP contribution < -0.4 is 5.73 Å². The van der Waals surface area contributed by atoms with Gasteiger partial charge in [0, 0.05) is 11.6 Å². The van der Waals surface area contributed by atoms with Gasteiger partial charge >= 0.3 is 0 Å². The van der Waals surface area contributed by atoms with Crippen LogP contribution in [-0.2, 0) is 16.3 Å². The number of aromatic amines is 1. The van der Waals surface area contributed by atoms with E-state index in [2.05, 4.69) is 4.98 Å². The van der Waals surface area contributed by atoms with Crippen molar-refractivity contribution in [2.75, 3.05) is 6.54 Å². The van der Waals surface area contributed by atoms with Crippen molar-refractivity contribution in [3.05, 3.63) is 47.7 Å². The van der Waals surface area contributed by atoms with Crippen LogP contribution in [0.25, 0.3) is 10.2 Å². The Bertz CT molecular complexity index is 891. The number of aryl methyl sites for hydroxylation is 1. The third-order valence-corrected chi connectivity index (χ3v) is 6.70. The lowest BCUT2D eigenvalue weighted by atomic mass is 10.2. The highest BCUT2D eigenvalue weighted by Crippen LogP contribution is 2.34. The molecule has 2 heterocycles. The van der Waals surface area contributed by atoms with E-state index in [0.717, 1.165) is 27.8 Å². The molecule has 0 saturated carbocycles. The number of rotatable bonds is 4. The fourth-order valence-electron chi connectivity index (χ4n) is 2.34. The highest BCUT2D eigenvalue weighted by Gasteiger charge is 2.22. The summed E-state index contributed by atoms with van der Waals surface area (Å²) in [6.07, 6.45) is 2.64. The van der Waals surface area contributed by atoms with E-state index in [1.54, 1.807) is 24.3 Å². The second-order valence-electron chi connectivity index (χ2n) is 4.98. The molecule has 0 spiro atoms. The molecule has 0 saturated heterocycles. The van der Waals surface area contributed by atoms with E-state index in [0.29, 0.717) is 15.6 Å². The SMILES string of the molecule is Cc1cccc(S(=O)(=O)c2cc3c(CCN)c[nH]c3s2)c1. The number of thiophene rings is 1. The number of H-pyrrole nitrogens is 1. The van der Waals surface area contributed by atoms with Crippen LogP contribution in [0.1, 0.15) is 11.1 Å². The number of hydrogen-bond acceptors (Lipinski definition) is 4. The molecule has 0 unspecified atom stereocenters. The van der Waals surface area contributed by atoms with Gasteiger partial charge in [-0.1, -0.05) is 12.1 Å². The Kier molecular flexibility index (Phi) is 3.61. The molecule has 0 amide bonds. The molecule has 0 aliphatic heterocycles. The van der Waals surface area contributed by atoms with Crippen LogP contribution >= 0.6 is 11.3 Å². The Morgan fingerprint density at radius 1 is 1.29 bits per heavy atom. The molecule has 1 aromatic carbocycles. The number of sulfone groups is 1. The van der Waals surface area contributed by atoms with Gasteiger partial charge in [0.25, 0.3) is 0 Å². The van der Waals surface area contributed by atoms with Gasteiger partial charge in [-0.15, -0.1) is 11.3 Å². The number of hydrogen-bond donors (Lipinski definition) is 2. The molecule has 3 aromatic rings. The van der Waals surface area contributed by atoms with Crippen LogP contribution in [-0.4, -0.2) is 19.9 Å². The predicted octanol–water partition coefficient (Wildman–Crippen LogP) is 2.87. The third-order valence-electron chi connectivity index (χ3n) is 3.41. The average molecular weight is 320 g/mol. The number of nitrogens with two attached hydrogens (primary N) is 1. The molecular weight excluding hydrogens is 304 g/mol. The lowest BCUT2D eigenvalue weighted by Crippen LogP contribution is -2.02. The van der Waals surface area contributed by atoms with E-state index in [-0.39, 0.29) is 0 Å². The average Bonchev–Trinajstić information content (AvgIpc) is 3.01. The van der Waals surface area contributed by atoms with Crippen LogP contribution in [0.2, 0.25) is 0 Å². The smallest absolute Gasteiger partial charge is 0.216 e. The Labute approximate surface area is 127 Å². The van der Waals surface area contributed by atoms with Crippen molar-refractivity contribution < 1.29 is 8.42 Å². The summed E-state index contributed by atoms with van der Waals surface area (Å²) in [7, 11) is -3.46. The molecule has 0 fully saturated rings. The summed E-state index contributed by atoms with van der Waals surface area (Å²) in [5, 5.41) is 0.955. The normalized spacial score (nSPS) is 12.1. The van der Waals surface area contributed by atoms with Gasteiger partial charge in [0.1, 0.15) is 9.04 Å². The summed E-state index contributed by atoms with van der Waals surface area (Å²) in [4.78, 5) is 4.35. The number of nitrogens with one attached hydrogen (secondary N) is 1. The zero-order valence-electron chi connectivity index (χ0n) is 11.6. The monoisotopic (exact) mass is 320 g/mol. The van der Waals surface area contributed by atoms with Crippen LogP contribution in [0.3, 0.4) is 0 Å². The van der Waals surface area contributed by atoms with Crippen molar-refractivity contribution in [2.45, 2.75) is 22.4 Å². The first-order chi connectivity index (χ1) is 10.0. The molecule has 110 valence electrons. The van der Waals surface area contributed by atoms with Crippen molar-refractivity contribution in [1.82, 2.24) is 4.98 Å². The van der Waals surface area contributed by atoms with Crippen LogP contribution in [0, 0.1) is 6.92 Å². The molecule has 2 aromatic heterocycles. The minimum atomic E-state index is -3.46. The summed E-state index contributed by atoms with van der Waals surface area (Å²) in [5.41, 5.74) is 7.58. The van der Waals surface area contributed by atoms with E-state index in [9.17, 15) is 8.42 Å². The van der Waals surface area contributed by atoms with E-state index in [1.807, 2.05) is 19.2 Å². The fraction of sp³-hybridized carbons (Fsp3) is 0.200. The maximum absolute atomic E-state index is 12.7.